The molecular formula is C20H20N2O4S. The van der Waals surface area contributed by atoms with Crippen LogP contribution in [0.5, 0.6) is 11.5 Å². The van der Waals surface area contributed by atoms with E-state index in [9.17, 15) is 4.79 Å². The van der Waals surface area contributed by atoms with Crippen LogP contribution in [0.1, 0.15) is 11.3 Å². The number of nitrogens with zero attached hydrogens (tertiary/aromatic N) is 1. The molecule has 0 aliphatic rings. The molecule has 0 aliphatic heterocycles. The van der Waals surface area contributed by atoms with Crippen LogP contribution >= 0.6 is 11.3 Å². The van der Waals surface area contributed by atoms with Gasteiger partial charge in [0.25, 0.3) is 0 Å². The smallest absolute Gasteiger partial charge is 0.310 e. The number of benzene rings is 2. The van der Waals surface area contributed by atoms with Crippen molar-refractivity contribution in [2.75, 3.05) is 19.5 Å². The maximum Gasteiger partial charge on any atom is 0.310 e. The van der Waals surface area contributed by atoms with Crippen LogP contribution in [0.3, 0.4) is 0 Å². The molecule has 0 spiro atoms. The van der Waals surface area contributed by atoms with E-state index in [1.807, 2.05) is 35.7 Å². The number of carbonyl (C=O) groups is 1. The number of hydrogen-bond donors (Lipinski definition) is 1. The largest absolute Gasteiger partial charge is 0.497 e. The summed E-state index contributed by atoms with van der Waals surface area (Å²) in [6.45, 7) is 0.129. The van der Waals surface area contributed by atoms with Crippen molar-refractivity contribution in [3.05, 3.63) is 65.2 Å². The Hall–Kier alpha value is -3.06. The lowest BCUT2D eigenvalue weighted by atomic mass is 10.1. The molecular weight excluding hydrogens is 364 g/mol. The van der Waals surface area contributed by atoms with Crippen molar-refractivity contribution in [3.8, 4) is 11.5 Å². The first-order valence-corrected chi connectivity index (χ1v) is 9.19. The fraction of sp³-hybridized carbons (Fsp3) is 0.200. The second-order valence-corrected chi connectivity index (χ2v) is 6.51. The number of thiazole rings is 1. The zero-order chi connectivity index (χ0) is 19.1. The normalized spacial score (nSPS) is 10.3. The molecule has 140 valence electrons. The van der Waals surface area contributed by atoms with Crippen molar-refractivity contribution >= 4 is 28.1 Å². The molecule has 7 heteroatoms. The fourth-order valence-electron chi connectivity index (χ4n) is 2.43. The highest BCUT2D eigenvalue weighted by Crippen LogP contribution is 2.25. The summed E-state index contributed by atoms with van der Waals surface area (Å²) in [5, 5.41) is 5.84. The first-order valence-electron chi connectivity index (χ1n) is 8.31. The minimum atomic E-state index is -0.343. The predicted octanol–water partition coefficient (Wildman–Crippen LogP) is 4.19. The minimum Gasteiger partial charge on any atom is -0.497 e. The monoisotopic (exact) mass is 384 g/mol. The highest BCUT2D eigenvalue weighted by Gasteiger charge is 2.12. The van der Waals surface area contributed by atoms with Crippen LogP contribution in [0.2, 0.25) is 0 Å². The summed E-state index contributed by atoms with van der Waals surface area (Å²) in [5.74, 6) is 0.920. The van der Waals surface area contributed by atoms with Crippen molar-refractivity contribution in [2.24, 2.45) is 0 Å². The van der Waals surface area contributed by atoms with Crippen LogP contribution < -0.4 is 14.8 Å². The molecule has 2 aromatic carbocycles. The molecule has 6 nitrogen and oxygen atoms in total. The topological polar surface area (TPSA) is 69.7 Å². The van der Waals surface area contributed by atoms with Gasteiger partial charge in [-0.25, -0.2) is 4.98 Å². The van der Waals surface area contributed by atoms with Crippen molar-refractivity contribution in [1.82, 2.24) is 4.98 Å². The van der Waals surface area contributed by atoms with Gasteiger partial charge in [0, 0.05) is 22.7 Å². The van der Waals surface area contributed by atoms with E-state index < -0.39 is 0 Å². The van der Waals surface area contributed by atoms with Gasteiger partial charge in [-0.2, -0.15) is 0 Å². The number of aromatic nitrogens is 1. The molecule has 3 aromatic rings. The number of esters is 1. The van der Waals surface area contributed by atoms with Crippen LogP contribution in [-0.4, -0.2) is 25.2 Å². The standard InChI is InChI=1S/C20H20N2O4S/c1-24-17-9-8-14(18(11-17)25-2)10-19(23)26-12-16-13-27-20(22-16)21-15-6-4-3-5-7-15/h3-9,11,13H,10,12H2,1-2H3,(H,21,22). The molecule has 1 N–H and O–H groups in total. The number of ether oxygens (including phenoxy) is 3. The van der Waals surface area contributed by atoms with E-state index in [0.29, 0.717) is 17.2 Å². The van der Waals surface area contributed by atoms with Crippen molar-refractivity contribution in [2.45, 2.75) is 13.0 Å². The van der Waals surface area contributed by atoms with E-state index in [-0.39, 0.29) is 19.0 Å². The molecule has 0 fully saturated rings. The molecule has 0 atom stereocenters. The maximum absolute atomic E-state index is 12.2. The third-order valence-corrected chi connectivity index (χ3v) is 4.59. The van der Waals surface area contributed by atoms with E-state index in [2.05, 4.69) is 10.3 Å². The third-order valence-electron chi connectivity index (χ3n) is 3.79. The highest BCUT2D eigenvalue weighted by molar-refractivity contribution is 7.13. The molecule has 1 aromatic heterocycles. The van der Waals surface area contributed by atoms with E-state index >= 15 is 0 Å². The number of hydrogen-bond acceptors (Lipinski definition) is 7. The first kappa shape index (κ1) is 18.7. The van der Waals surface area contributed by atoms with E-state index in [1.54, 1.807) is 32.4 Å². The van der Waals surface area contributed by atoms with Gasteiger partial charge in [-0.3, -0.25) is 4.79 Å². The van der Waals surface area contributed by atoms with Crippen LogP contribution in [0.25, 0.3) is 0 Å². The molecule has 0 unspecified atom stereocenters. The molecule has 0 bridgehead atoms. The first-order chi connectivity index (χ1) is 13.2. The number of methoxy groups -OCH3 is 2. The van der Waals surface area contributed by atoms with Gasteiger partial charge in [0.1, 0.15) is 18.1 Å². The average molecular weight is 384 g/mol. The van der Waals surface area contributed by atoms with Gasteiger partial charge in [-0.1, -0.05) is 24.3 Å². The Balaban J connectivity index is 1.54. The Morgan fingerprint density at radius 2 is 1.93 bits per heavy atom. The molecule has 1 heterocycles. The zero-order valence-electron chi connectivity index (χ0n) is 15.1. The second-order valence-electron chi connectivity index (χ2n) is 5.65. The second kappa shape index (κ2) is 9.05. The average Bonchev–Trinajstić information content (AvgIpc) is 3.15. The summed E-state index contributed by atoms with van der Waals surface area (Å²) in [4.78, 5) is 16.6. The maximum atomic E-state index is 12.2. The lowest BCUT2D eigenvalue weighted by Crippen LogP contribution is -2.09. The minimum absolute atomic E-state index is 0.117. The summed E-state index contributed by atoms with van der Waals surface area (Å²) in [5.41, 5.74) is 2.41. The molecule has 0 radical (unpaired) electrons. The van der Waals surface area contributed by atoms with E-state index in [4.69, 9.17) is 14.2 Å². The SMILES string of the molecule is COc1ccc(CC(=O)OCc2csc(Nc3ccccc3)n2)c(OC)c1. The molecule has 27 heavy (non-hydrogen) atoms. The predicted molar refractivity (Wildman–Crippen MR) is 105 cm³/mol. The molecule has 0 saturated heterocycles. The van der Waals surface area contributed by atoms with Gasteiger partial charge in [0.2, 0.25) is 0 Å². The molecule has 0 amide bonds. The van der Waals surface area contributed by atoms with E-state index in [1.165, 1.54) is 11.3 Å². The molecule has 0 aliphatic carbocycles. The fourth-order valence-corrected chi connectivity index (χ4v) is 3.15. The summed E-state index contributed by atoms with van der Waals surface area (Å²) in [7, 11) is 3.14. The number of carbonyl (C=O) groups excluding carboxylic acids is 1. The van der Waals surface area contributed by atoms with Crippen LogP contribution in [0, 0.1) is 0 Å². The number of para-hydroxylation sites is 1. The highest BCUT2D eigenvalue weighted by atomic mass is 32.1. The van der Waals surface area contributed by atoms with Crippen molar-refractivity contribution in [3.63, 3.8) is 0 Å². The summed E-state index contributed by atoms with van der Waals surface area (Å²) in [6, 6.07) is 15.1. The van der Waals surface area contributed by atoms with Crippen molar-refractivity contribution in [1.29, 1.82) is 0 Å². The Bertz CT molecular complexity index is 896. The molecule has 0 saturated carbocycles. The van der Waals surface area contributed by atoms with Gasteiger partial charge in [-0.05, 0) is 18.2 Å². The third kappa shape index (κ3) is 5.21. The zero-order valence-corrected chi connectivity index (χ0v) is 15.9. The Labute approximate surface area is 161 Å². The summed E-state index contributed by atoms with van der Waals surface area (Å²) < 4.78 is 15.8. The Morgan fingerprint density at radius 1 is 1.11 bits per heavy atom. The number of nitrogens with one attached hydrogen (secondary N) is 1. The quantitative estimate of drug-likeness (QED) is 0.587. The lowest BCUT2D eigenvalue weighted by molar-refractivity contribution is -0.144. The van der Waals surface area contributed by atoms with Gasteiger partial charge < -0.3 is 19.5 Å². The van der Waals surface area contributed by atoms with Crippen LogP contribution in [-0.2, 0) is 22.6 Å². The lowest BCUT2D eigenvalue weighted by Gasteiger charge is -2.10. The summed E-state index contributed by atoms with van der Waals surface area (Å²) in [6.07, 6.45) is 0.117. The van der Waals surface area contributed by atoms with Gasteiger partial charge in [0.05, 0.1) is 26.3 Å². The van der Waals surface area contributed by atoms with E-state index in [0.717, 1.165) is 16.4 Å². The number of rotatable bonds is 8. The van der Waals surface area contributed by atoms with Gasteiger partial charge >= 0.3 is 5.97 Å². The number of anilines is 2. The van der Waals surface area contributed by atoms with Crippen LogP contribution in [0.4, 0.5) is 10.8 Å². The molecule has 3 rings (SSSR count). The Morgan fingerprint density at radius 3 is 2.67 bits per heavy atom. The summed E-state index contributed by atoms with van der Waals surface area (Å²) >= 11 is 1.46. The van der Waals surface area contributed by atoms with Gasteiger partial charge in [-0.15, -0.1) is 11.3 Å². The Kier molecular flexibility index (Phi) is 6.27. The van der Waals surface area contributed by atoms with Gasteiger partial charge in [0.15, 0.2) is 5.13 Å². The van der Waals surface area contributed by atoms with Crippen LogP contribution in [0.15, 0.2) is 53.9 Å². The van der Waals surface area contributed by atoms with Crippen molar-refractivity contribution < 1.29 is 19.0 Å².